The van der Waals surface area contributed by atoms with E-state index in [1.54, 1.807) is 37.6 Å². The fourth-order valence-electron chi connectivity index (χ4n) is 2.81. The quantitative estimate of drug-likeness (QED) is 0.205. The number of amides is 1. The van der Waals surface area contributed by atoms with Crippen LogP contribution in [0.2, 0.25) is 10.0 Å². The van der Waals surface area contributed by atoms with Crippen LogP contribution in [0.4, 0.5) is 0 Å². The number of hydrogen-bond acceptors (Lipinski definition) is 5. The number of halogens is 2. The zero-order chi connectivity index (χ0) is 23.8. The lowest BCUT2D eigenvalue weighted by molar-refractivity contribution is -0.120. The SMILES string of the molecule is COc1cc(/C=N\NC(=O)[C@H](C)Sc2ccc(C)cc2)ccc1OCc1ccc(Cl)c(Cl)c1. The largest absolute Gasteiger partial charge is 0.493 e. The standard InChI is InChI=1S/C25H24Cl2N2O3S/c1-16-4-8-20(9-5-16)33-17(2)25(30)29-28-14-18-7-11-23(24(13-18)31-3)32-15-19-6-10-21(26)22(27)12-19/h4-14,17H,15H2,1-3H3,(H,29,30)/b28-14-/t17-/m0/s1. The third-order valence-corrected chi connectivity index (χ3v) is 6.51. The van der Waals surface area contributed by atoms with Gasteiger partial charge in [-0.15, -0.1) is 11.8 Å². The molecule has 0 saturated heterocycles. The Labute approximate surface area is 208 Å². The number of methoxy groups -OCH3 is 1. The summed E-state index contributed by atoms with van der Waals surface area (Å²) < 4.78 is 11.3. The van der Waals surface area contributed by atoms with E-state index in [4.69, 9.17) is 32.7 Å². The predicted molar refractivity (Wildman–Crippen MR) is 136 cm³/mol. The second-order valence-electron chi connectivity index (χ2n) is 7.25. The minimum Gasteiger partial charge on any atom is -0.493 e. The molecule has 8 heteroatoms. The molecule has 0 aliphatic heterocycles. The van der Waals surface area contributed by atoms with Crippen molar-refractivity contribution in [3.8, 4) is 11.5 Å². The number of aryl methyl sites for hydroxylation is 1. The lowest BCUT2D eigenvalue weighted by Gasteiger charge is -2.12. The molecular weight excluding hydrogens is 479 g/mol. The Bertz CT molecular complexity index is 1140. The molecule has 1 amide bonds. The van der Waals surface area contributed by atoms with Crippen molar-refractivity contribution in [2.45, 2.75) is 30.6 Å². The number of nitrogens with one attached hydrogen (secondary N) is 1. The Balaban J connectivity index is 1.56. The number of nitrogens with zero attached hydrogens (tertiary/aromatic N) is 1. The number of hydrazone groups is 1. The van der Waals surface area contributed by atoms with Gasteiger partial charge in [0.15, 0.2) is 11.5 Å². The first kappa shape index (κ1) is 25.0. The highest BCUT2D eigenvalue weighted by Gasteiger charge is 2.13. The van der Waals surface area contributed by atoms with E-state index in [1.807, 2.05) is 50.2 Å². The summed E-state index contributed by atoms with van der Waals surface area (Å²) in [6, 6.07) is 18.8. The highest BCUT2D eigenvalue weighted by molar-refractivity contribution is 8.00. The first-order valence-electron chi connectivity index (χ1n) is 10.2. The molecule has 172 valence electrons. The molecule has 5 nitrogen and oxygen atoms in total. The van der Waals surface area contributed by atoms with Crippen LogP contribution < -0.4 is 14.9 Å². The van der Waals surface area contributed by atoms with Gasteiger partial charge in [0.2, 0.25) is 0 Å². The molecule has 0 radical (unpaired) electrons. The smallest absolute Gasteiger partial charge is 0.253 e. The van der Waals surface area contributed by atoms with E-state index in [1.165, 1.54) is 17.3 Å². The molecule has 0 aromatic heterocycles. The number of carbonyl (C=O) groups is 1. The monoisotopic (exact) mass is 502 g/mol. The average molecular weight is 503 g/mol. The lowest BCUT2D eigenvalue weighted by Crippen LogP contribution is -2.26. The van der Waals surface area contributed by atoms with Crippen molar-refractivity contribution in [3.63, 3.8) is 0 Å². The molecule has 33 heavy (non-hydrogen) atoms. The normalized spacial score (nSPS) is 11.9. The molecule has 0 aliphatic rings. The molecule has 0 bridgehead atoms. The third kappa shape index (κ3) is 7.42. The maximum Gasteiger partial charge on any atom is 0.253 e. The third-order valence-electron chi connectivity index (χ3n) is 4.66. The van der Waals surface area contributed by atoms with Crippen LogP contribution in [0, 0.1) is 6.92 Å². The first-order valence-corrected chi connectivity index (χ1v) is 11.8. The summed E-state index contributed by atoms with van der Waals surface area (Å²) in [6.45, 7) is 4.19. The van der Waals surface area contributed by atoms with Gasteiger partial charge in [-0.3, -0.25) is 4.79 Å². The van der Waals surface area contributed by atoms with E-state index in [2.05, 4.69) is 10.5 Å². The van der Waals surface area contributed by atoms with Gasteiger partial charge in [0, 0.05) is 4.90 Å². The van der Waals surface area contributed by atoms with E-state index in [-0.39, 0.29) is 11.2 Å². The topological polar surface area (TPSA) is 59.9 Å². The summed E-state index contributed by atoms with van der Waals surface area (Å²) in [6.07, 6.45) is 1.56. The molecule has 3 rings (SSSR count). The summed E-state index contributed by atoms with van der Waals surface area (Å²) in [5, 5.41) is 4.77. The highest BCUT2D eigenvalue weighted by atomic mass is 35.5. The Kier molecular flexibility index (Phi) is 9.06. The highest BCUT2D eigenvalue weighted by Crippen LogP contribution is 2.29. The van der Waals surface area contributed by atoms with Gasteiger partial charge in [-0.1, -0.05) is 47.0 Å². The molecule has 3 aromatic rings. The average Bonchev–Trinajstić information content (AvgIpc) is 2.81. The molecule has 3 aromatic carbocycles. The summed E-state index contributed by atoms with van der Waals surface area (Å²) in [4.78, 5) is 13.4. The van der Waals surface area contributed by atoms with Crippen molar-refractivity contribution in [1.82, 2.24) is 5.43 Å². The fourth-order valence-corrected chi connectivity index (χ4v) is 3.99. The van der Waals surface area contributed by atoms with E-state index in [0.717, 1.165) is 16.0 Å². The van der Waals surface area contributed by atoms with E-state index in [9.17, 15) is 4.79 Å². The first-order chi connectivity index (χ1) is 15.9. The van der Waals surface area contributed by atoms with Crippen molar-refractivity contribution >= 4 is 47.1 Å². The van der Waals surface area contributed by atoms with Crippen LogP contribution in [0.25, 0.3) is 0 Å². The number of thioether (sulfide) groups is 1. The maximum absolute atomic E-state index is 12.3. The molecule has 0 spiro atoms. The van der Waals surface area contributed by atoms with E-state index in [0.29, 0.717) is 28.2 Å². The number of rotatable bonds is 9. The molecule has 0 unspecified atom stereocenters. The van der Waals surface area contributed by atoms with Crippen LogP contribution >= 0.6 is 35.0 Å². The van der Waals surface area contributed by atoms with Gasteiger partial charge in [-0.05, 0) is 67.4 Å². The Morgan fingerprint density at radius 1 is 1.06 bits per heavy atom. The van der Waals surface area contributed by atoms with Crippen LogP contribution in [0.3, 0.4) is 0 Å². The minimum atomic E-state index is -0.281. The summed E-state index contributed by atoms with van der Waals surface area (Å²) in [5.74, 6) is 0.951. The number of benzene rings is 3. The van der Waals surface area contributed by atoms with E-state index < -0.39 is 0 Å². The maximum atomic E-state index is 12.3. The van der Waals surface area contributed by atoms with Crippen LogP contribution in [-0.4, -0.2) is 24.5 Å². The van der Waals surface area contributed by atoms with Crippen molar-refractivity contribution < 1.29 is 14.3 Å². The van der Waals surface area contributed by atoms with Crippen molar-refractivity contribution in [1.29, 1.82) is 0 Å². The molecular formula is C25H24Cl2N2O3S. The second kappa shape index (κ2) is 12.0. The Morgan fingerprint density at radius 2 is 1.82 bits per heavy atom. The lowest BCUT2D eigenvalue weighted by atomic mass is 10.2. The second-order valence-corrected chi connectivity index (χ2v) is 9.48. The minimum absolute atomic E-state index is 0.176. The number of ether oxygens (including phenoxy) is 2. The van der Waals surface area contributed by atoms with Gasteiger partial charge in [0.25, 0.3) is 5.91 Å². The van der Waals surface area contributed by atoms with E-state index >= 15 is 0 Å². The Hall–Kier alpha value is -2.67. The fraction of sp³-hybridized carbons (Fsp3) is 0.200. The number of hydrogen-bond donors (Lipinski definition) is 1. The molecule has 1 atom stereocenters. The Morgan fingerprint density at radius 3 is 2.52 bits per heavy atom. The summed E-state index contributed by atoms with van der Waals surface area (Å²) >= 11 is 13.5. The van der Waals surface area contributed by atoms with Crippen LogP contribution in [0.15, 0.2) is 70.7 Å². The summed E-state index contributed by atoms with van der Waals surface area (Å²) in [7, 11) is 1.56. The molecule has 1 N–H and O–H groups in total. The van der Waals surface area contributed by atoms with Crippen LogP contribution in [-0.2, 0) is 11.4 Å². The zero-order valence-electron chi connectivity index (χ0n) is 18.5. The van der Waals surface area contributed by atoms with Crippen molar-refractivity contribution in [3.05, 3.63) is 87.4 Å². The number of carbonyl (C=O) groups excluding carboxylic acids is 1. The van der Waals surface area contributed by atoms with Crippen LogP contribution in [0.1, 0.15) is 23.6 Å². The zero-order valence-corrected chi connectivity index (χ0v) is 20.8. The molecule has 0 saturated carbocycles. The molecule has 0 fully saturated rings. The summed E-state index contributed by atoms with van der Waals surface area (Å²) in [5.41, 5.74) is 5.41. The van der Waals surface area contributed by atoms with Gasteiger partial charge >= 0.3 is 0 Å². The van der Waals surface area contributed by atoms with Gasteiger partial charge in [-0.25, -0.2) is 5.43 Å². The molecule has 0 heterocycles. The van der Waals surface area contributed by atoms with Gasteiger partial charge in [0.1, 0.15) is 6.61 Å². The molecule has 0 aliphatic carbocycles. The van der Waals surface area contributed by atoms with Crippen molar-refractivity contribution in [2.75, 3.05) is 7.11 Å². The van der Waals surface area contributed by atoms with Crippen molar-refractivity contribution in [2.24, 2.45) is 5.10 Å². The van der Waals surface area contributed by atoms with Gasteiger partial charge in [0.05, 0.1) is 28.6 Å². The van der Waals surface area contributed by atoms with Crippen LogP contribution in [0.5, 0.6) is 11.5 Å². The predicted octanol–water partition coefficient (Wildman–Crippen LogP) is 6.52. The van der Waals surface area contributed by atoms with Gasteiger partial charge < -0.3 is 9.47 Å². The van der Waals surface area contributed by atoms with Gasteiger partial charge in [-0.2, -0.15) is 5.10 Å².